The van der Waals surface area contributed by atoms with E-state index in [1.165, 1.54) is 24.8 Å². The van der Waals surface area contributed by atoms with E-state index in [-0.39, 0.29) is 24.0 Å². The Morgan fingerprint density at radius 1 is 1.21 bits per heavy atom. The maximum atomic E-state index is 5.44. The predicted molar refractivity (Wildman–Crippen MR) is 125 cm³/mol. The van der Waals surface area contributed by atoms with Crippen molar-refractivity contribution in [1.29, 1.82) is 0 Å². The summed E-state index contributed by atoms with van der Waals surface area (Å²) in [5.74, 6) is 3.30. The average Bonchev–Trinajstić information content (AvgIpc) is 2.72. The summed E-state index contributed by atoms with van der Waals surface area (Å²) in [5, 5.41) is 3.47. The third-order valence-corrected chi connectivity index (χ3v) is 5.16. The van der Waals surface area contributed by atoms with Crippen LogP contribution in [0.15, 0.2) is 23.2 Å². The average molecular weight is 505 g/mol. The monoisotopic (exact) mass is 505 g/mol. The van der Waals surface area contributed by atoms with Crippen LogP contribution in [0.5, 0.6) is 11.5 Å². The maximum Gasteiger partial charge on any atom is 0.193 e. The van der Waals surface area contributed by atoms with E-state index in [1.807, 2.05) is 19.2 Å². The minimum atomic E-state index is 0. The molecule has 28 heavy (non-hydrogen) atoms. The van der Waals surface area contributed by atoms with Gasteiger partial charge in [0.2, 0.25) is 0 Å². The molecule has 160 valence electrons. The number of hydrogen-bond donors (Lipinski definition) is 1. The maximum absolute atomic E-state index is 5.44. The molecule has 1 fully saturated rings. The van der Waals surface area contributed by atoms with Crippen LogP contribution in [0.2, 0.25) is 0 Å². The van der Waals surface area contributed by atoms with Crippen LogP contribution in [0.4, 0.5) is 0 Å². The minimum absolute atomic E-state index is 0. The molecule has 1 aromatic rings. The lowest BCUT2D eigenvalue weighted by Gasteiger charge is -2.26. The molecule has 2 rings (SSSR count). The summed E-state index contributed by atoms with van der Waals surface area (Å²) in [6.07, 6.45) is 5.58. The molecule has 0 atom stereocenters. The van der Waals surface area contributed by atoms with Crippen molar-refractivity contribution >= 4 is 29.9 Å². The number of hydrogen-bond acceptors (Lipinski definition) is 4. The molecule has 0 saturated carbocycles. The van der Waals surface area contributed by atoms with E-state index in [4.69, 9.17) is 14.2 Å². The van der Waals surface area contributed by atoms with Crippen molar-refractivity contribution in [3.05, 3.63) is 23.8 Å². The van der Waals surface area contributed by atoms with Crippen LogP contribution in [0.1, 0.15) is 31.2 Å². The van der Waals surface area contributed by atoms with E-state index in [9.17, 15) is 0 Å². The van der Waals surface area contributed by atoms with Crippen molar-refractivity contribution in [3.63, 3.8) is 0 Å². The second-order valence-corrected chi connectivity index (χ2v) is 7.03. The molecule has 6 nitrogen and oxygen atoms in total. The molecule has 0 aromatic heterocycles. The Bertz CT molecular complexity index is 592. The Kier molecular flexibility index (Phi) is 12.3. The van der Waals surface area contributed by atoms with Crippen LogP contribution in [-0.4, -0.2) is 65.5 Å². The zero-order valence-electron chi connectivity index (χ0n) is 17.7. The number of aliphatic imine (C=N–C) groups is 1. The molecule has 1 aliphatic heterocycles. The first-order valence-corrected chi connectivity index (χ1v) is 9.88. The van der Waals surface area contributed by atoms with Gasteiger partial charge >= 0.3 is 0 Å². The first kappa shape index (κ1) is 24.8. The van der Waals surface area contributed by atoms with E-state index in [1.54, 1.807) is 14.2 Å². The SMILES string of the molecule is CN=C(NCCCc1ccc(OC)c(OC)c1)N(C)CCC1CCOCC1.I. The molecule has 1 saturated heterocycles. The van der Waals surface area contributed by atoms with Gasteiger partial charge in [-0.2, -0.15) is 0 Å². The standard InChI is InChI=1S/C21H35N3O3.HI/c1-22-21(24(2)13-9-17-10-14-27-15-11-17)23-12-5-6-18-7-8-19(25-3)20(16-18)26-4;/h7-8,16-17H,5-6,9-15H2,1-4H3,(H,22,23);1H. The fourth-order valence-electron chi connectivity index (χ4n) is 3.43. The summed E-state index contributed by atoms with van der Waals surface area (Å²) in [4.78, 5) is 6.64. The van der Waals surface area contributed by atoms with Crippen LogP contribution >= 0.6 is 24.0 Å². The summed E-state index contributed by atoms with van der Waals surface area (Å²) in [6, 6.07) is 6.11. The van der Waals surface area contributed by atoms with Crippen molar-refractivity contribution in [2.75, 3.05) is 54.6 Å². The van der Waals surface area contributed by atoms with Crippen LogP contribution in [0.3, 0.4) is 0 Å². The second-order valence-electron chi connectivity index (χ2n) is 7.03. The fraction of sp³-hybridized carbons (Fsp3) is 0.667. The topological polar surface area (TPSA) is 55.3 Å². The van der Waals surface area contributed by atoms with Gasteiger partial charge in [-0.1, -0.05) is 6.07 Å². The molecule has 0 spiro atoms. The highest BCUT2D eigenvalue weighted by molar-refractivity contribution is 14.0. The molecular formula is C21H36IN3O3. The highest BCUT2D eigenvalue weighted by Gasteiger charge is 2.15. The lowest BCUT2D eigenvalue weighted by atomic mass is 9.96. The zero-order chi connectivity index (χ0) is 19.5. The number of halogens is 1. The molecule has 0 bridgehead atoms. The number of guanidine groups is 1. The van der Waals surface area contributed by atoms with E-state index in [0.29, 0.717) is 0 Å². The summed E-state index contributed by atoms with van der Waals surface area (Å²) in [7, 11) is 7.29. The summed E-state index contributed by atoms with van der Waals surface area (Å²) >= 11 is 0. The number of methoxy groups -OCH3 is 2. The minimum Gasteiger partial charge on any atom is -0.493 e. The molecule has 1 aromatic carbocycles. The lowest BCUT2D eigenvalue weighted by Crippen LogP contribution is -2.40. The molecular weight excluding hydrogens is 469 g/mol. The van der Waals surface area contributed by atoms with Gasteiger partial charge in [0.25, 0.3) is 0 Å². The van der Waals surface area contributed by atoms with Gasteiger partial charge in [-0.25, -0.2) is 0 Å². The highest BCUT2D eigenvalue weighted by atomic mass is 127. The van der Waals surface area contributed by atoms with Crippen LogP contribution in [0.25, 0.3) is 0 Å². The van der Waals surface area contributed by atoms with Gasteiger partial charge in [-0.3, -0.25) is 4.99 Å². The van der Waals surface area contributed by atoms with Crippen molar-refractivity contribution in [2.45, 2.75) is 32.1 Å². The van der Waals surface area contributed by atoms with Crippen molar-refractivity contribution in [2.24, 2.45) is 10.9 Å². The van der Waals surface area contributed by atoms with Crippen LogP contribution in [-0.2, 0) is 11.2 Å². The van der Waals surface area contributed by atoms with E-state index in [2.05, 4.69) is 28.3 Å². The summed E-state index contributed by atoms with van der Waals surface area (Å²) in [6.45, 7) is 3.75. The molecule has 0 unspecified atom stereocenters. The highest BCUT2D eigenvalue weighted by Crippen LogP contribution is 2.27. The molecule has 1 N–H and O–H groups in total. The molecule has 0 amide bonds. The number of nitrogens with one attached hydrogen (secondary N) is 1. The van der Waals surface area contributed by atoms with Crippen molar-refractivity contribution in [1.82, 2.24) is 10.2 Å². The molecule has 0 radical (unpaired) electrons. The van der Waals surface area contributed by atoms with Gasteiger partial charge in [-0.15, -0.1) is 24.0 Å². The fourth-order valence-corrected chi connectivity index (χ4v) is 3.43. The first-order chi connectivity index (χ1) is 13.2. The van der Waals surface area contributed by atoms with Gasteiger partial charge in [-0.05, 0) is 55.7 Å². The smallest absolute Gasteiger partial charge is 0.193 e. The predicted octanol–water partition coefficient (Wildman–Crippen LogP) is 3.58. The summed E-state index contributed by atoms with van der Waals surface area (Å²) < 4.78 is 16.1. The first-order valence-electron chi connectivity index (χ1n) is 9.88. The Morgan fingerprint density at radius 2 is 1.93 bits per heavy atom. The third kappa shape index (κ3) is 8.03. The molecule has 1 heterocycles. The number of benzene rings is 1. The van der Waals surface area contributed by atoms with Crippen LogP contribution < -0.4 is 14.8 Å². The van der Waals surface area contributed by atoms with E-state index < -0.39 is 0 Å². The Morgan fingerprint density at radius 3 is 2.57 bits per heavy atom. The van der Waals surface area contributed by atoms with Crippen LogP contribution in [0, 0.1) is 5.92 Å². The third-order valence-electron chi connectivity index (χ3n) is 5.16. The van der Waals surface area contributed by atoms with Crippen molar-refractivity contribution in [3.8, 4) is 11.5 Å². The number of nitrogens with zero attached hydrogens (tertiary/aromatic N) is 2. The van der Waals surface area contributed by atoms with Crippen molar-refractivity contribution < 1.29 is 14.2 Å². The molecule has 7 heteroatoms. The Labute approximate surface area is 187 Å². The van der Waals surface area contributed by atoms with Gasteiger partial charge in [0.1, 0.15) is 0 Å². The van der Waals surface area contributed by atoms with Gasteiger partial charge in [0.05, 0.1) is 14.2 Å². The largest absolute Gasteiger partial charge is 0.493 e. The van der Waals surface area contributed by atoms with Gasteiger partial charge in [0.15, 0.2) is 17.5 Å². The number of ether oxygens (including phenoxy) is 3. The Hall–Kier alpha value is -1.22. The quantitative estimate of drug-likeness (QED) is 0.241. The number of aryl methyl sites for hydroxylation is 1. The normalized spacial score (nSPS) is 14.9. The second kappa shape index (κ2) is 13.9. The van der Waals surface area contributed by atoms with Gasteiger partial charge < -0.3 is 24.4 Å². The summed E-state index contributed by atoms with van der Waals surface area (Å²) in [5.41, 5.74) is 1.25. The molecule has 1 aliphatic rings. The van der Waals surface area contributed by atoms with E-state index >= 15 is 0 Å². The molecule has 0 aliphatic carbocycles. The number of rotatable bonds is 9. The lowest BCUT2D eigenvalue weighted by molar-refractivity contribution is 0.0625. The van der Waals surface area contributed by atoms with Gasteiger partial charge in [0, 0.05) is 40.4 Å². The van der Waals surface area contributed by atoms with E-state index in [0.717, 1.165) is 62.5 Å². The Balaban J connectivity index is 0.00000392. The zero-order valence-corrected chi connectivity index (χ0v) is 20.0.